The first-order valence-electron chi connectivity index (χ1n) is 7.88. The number of benzene rings is 2. The van der Waals surface area contributed by atoms with Gasteiger partial charge in [0.15, 0.2) is 12.5 Å². The van der Waals surface area contributed by atoms with E-state index in [0.717, 1.165) is 5.56 Å². The quantitative estimate of drug-likeness (QED) is 0.443. The van der Waals surface area contributed by atoms with E-state index in [1.165, 1.54) is 19.2 Å². The van der Waals surface area contributed by atoms with Gasteiger partial charge in [0.1, 0.15) is 11.5 Å². The summed E-state index contributed by atoms with van der Waals surface area (Å²) in [4.78, 5) is 11.6. The van der Waals surface area contributed by atoms with Crippen LogP contribution in [0.25, 0.3) is 0 Å². The Kier molecular flexibility index (Phi) is 7.14. The smallest absolute Gasteiger partial charge is 0.337 e. The van der Waals surface area contributed by atoms with E-state index in [9.17, 15) is 4.79 Å². The molecule has 140 valence electrons. The standard InChI is InChI=1S/C19H20Cl2O5/c1-11(2)14-9-13(5-6-17(14)25-10-23-3)26-18-15(20)7-12(8-16(18)21)19(22)24-4/h5-9,11H,10H2,1-4H3. The summed E-state index contributed by atoms with van der Waals surface area (Å²) < 4.78 is 21.1. The second kappa shape index (κ2) is 9.12. The molecule has 2 rings (SSSR count). The van der Waals surface area contributed by atoms with Crippen molar-refractivity contribution in [2.75, 3.05) is 21.0 Å². The molecular weight excluding hydrogens is 379 g/mol. The highest BCUT2D eigenvalue weighted by Gasteiger charge is 2.16. The average molecular weight is 399 g/mol. The molecule has 0 bridgehead atoms. The number of esters is 1. The van der Waals surface area contributed by atoms with Gasteiger partial charge in [0, 0.05) is 12.7 Å². The first-order chi connectivity index (χ1) is 12.4. The molecule has 0 N–H and O–H groups in total. The summed E-state index contributed by atoms with van der Waals surface area (Å²) in [6, 6.07) is 8.31. The van der Waals surface area contributed by atoms with E-state index in [1.807, 2.05) is 19.9 Å². The molecule has 0 aliphatic rings. The molecule has 0 saturated carbocycles. The Balaban J connectivity index is 2.33. The van der Waals surface area contributed by atoms with Gasteiger partial charge in [-0.05, 0) is 36.2 Å². The largest absolute Gasteiger partial charge is 0.467 e. The van der Waals surface area contributed by atoms with Gasteiger partial charge in [0.2, 0.25) is 0 Å². The SMILES string of the molecule is COCOc1ccc(Oc2c(Cl)cc(C(=O)OC)cc2Cl)cc1C(C)C. The zero-order chi connectivity index (χ0) is 19.3. The number of hydrogen-bond donors (Lipinski definition) is 0. The van der Waals surface area contributed by atoms with Gasteiger partial charge in [0.25, 0.3) is 0 Å². The summed E-state index contributed by atoms with van der Waals surface area (Å²) in [7, 11) is 2.85. The van der Waals surface area contributed by atoms with Crippen LogP contribution in [0, 0.1) is 0 Å². The first kappa shape index (κ1) is 20.4. The van der Waals surface area contributed by atoms with Crippen molar-refractivity contribution < 1.29 is 23.7 Å². The molecule has 0 fully saturated rings. The van der Waals surface area contributed by atoms with Gasteiger partial charge < -0.3 is 18.9 Å². The van der Waals surface area contributed by atoms with E-state index in [2.05, 4.69) is 4.74 Å². The number of halogens is 2. The minimum atomic E-state index is -0.526. The third kappa shape index (κ3) is 4.81. The van der Waals surface area contributed by atoms with Crippen molar-refractivity contribution in [3.05, 3.63) is 51.5 Å². The lowest BCUT2D eigenvalue weighted by atomic mass is 10.0. The predicted molar refractivity (Wildman–Crippen MR) is 101 cm³/mol. The Bertz CT molecular complexity index is 766. The topological polar surface area (TPSA) is 54.0 Å². The third-order valence-electron chi connectivity index (χ3n) is 3.57. The first-order valence-corrected chi connectivity index (χ1v) is 8.63. The number of rotatable bonds is 7. The summed E-state index contributed by atoms with van der Waals surface area (Å²) in [5.41, 5.74) is 1.21. The lowest BCUT2D eigenvalue weighted by molar-refractivity contribution is 0.0502. The van der Waals surface area contributed by atoms with Gasteiger partial charge in [0.05, 0.1) is 22.7 Å². The Hall–Kier alpha value is -1.95. The fourth-order valence-corrected chi connectivity index (χ4v) is 2.87. The highest BCUT2D eigenvalue weighted by atomic mass is 35.5. The molecule has 2 aromatic carbocycles. The van der Waals surface area contributed by atoms with Gasteiger partial charge in [-0.1, -0.05) is 37.0 Å². The average Bonchev–Trinajstić information content (AvgIpc) is 2.62. The number of carbonyl (C=O) groups excluding carboxylic acids is 1. The van der Waals surface area contributed by atoms with Crippen molar-refractivity contribution in [2.45, 2.75) is 19.8 Å². The van der Waals surface area contributed by atoms with Crippen LogP contribution in [0.2, 0.25) is 10.0 Å². The zero-order valence-electron chi connectivity index (χ0n) is 15.0. The van der Waals surface area contributed by atoms with Crippen LogP contribution in [0.15, 0.2) is 30.3 Å². The van der Waals surface area contributed by atoms with E-state index >= 15 is 0 Å². The molecule has 26 heavy (non-hydrogen) atoms. The molecule has 0 amide bonds. The Morgan fingerprint density at radius 2 is 1.73 bits per heavy atom. The normalized spacial score (nSPS) is 10.7. The van der Waals surface area contributed by atoms with Gasteiger partial charge >= 0.3 is 5.97 Å². The van der Waals surface area contributed by atoms with E-state index < -0.39 is 5.97 Å². The van der Waals surface area contributed by atoms with E-state index in [-0.39, 0.29) is 34.1 Å². The maximum atomic E-state index is 11.6. The van der Waals surface area contributed by atoms with Gasteiger partial charge in [-0.15, -0.1) is 0 Å². The van der Waals surface area contributed by atoms with E-state index in [1.54, 1.807) is 19.2 Å². The molecule has 0 spiro atoms. The molecule has 0 heterocycles. The van der Waals surface area contributed by atoms with Crippen molar-refractivity contribution in [2.24, 2.45) is 0 Å². The highest BCUT2D eigenvalue weighted by molar-refractivity contribution is 6.37. The van der Waals surface area contributed by atoms with Crippen LogP contribution in [-0.2, 0) is 9.47 Å². The number of carbonyl (C=O) groups is 1. The van der Waals surface area contributed by atoms with Crippen molar-refractivity contribution in [1.29, 1.82) is 0 Å². The fraction of sp³-hybridized carbons (Fsp3) is 0.316. The lowest BCUT2D eigenvalue weighted by Gasteiger charge is -2.16. The maximum absolute atomic E-state index is 11.6. The van der Waals surface area contributed by atoms with Crippen LogP contribution < -0.4 is 9.47 Å². The molecule has 0 aliphatic heterocycles. The molecule has 2 aromatic rings. The zero-order valence-corrected chi connectivity index (χ0v) is 16.5. The number of methoxy groups -OCH3 is 2. The molecule has 0 aliphatic carbocycles. The molecular formula is C19H20Cl2O5. The summed E-state index contributed by atoms with van der Waals surface area (Å²) in [5, 5.41) is 0.424. The van der Waals surface area contributed by atoms with Crippen LogP contribution >= 0.6 is 23.2 Å². The number of ether oxygens (including phenoxy) is 4. The monoisotopic (exact) mass is 398 g/mol. The lowest BCUT2D eigenvalue weighted by Crippen LogP contribution is -2.03. The van der Waals surface area contributed by atoms with Crippen LogP contribution in [0.3, 0.4) is 0 Å². The summed E-state index contributed by atoms with van der Waals surface area (Å²) in [5.74, 6) is 1.21. The molecule has 0 saturated heterocycles. The maximum Gasteiger partial charge on any atom is 0.337 e. The second-order valence-electron chi connectivity index (χ2n) is 5.77. The summed E-state index contributed by atoms with van der Waals surface area (Å²) >= 11 is 12.5. The van der Waals surface area contributed by atoms with Crippen molar-refractivity contribution in [3.63, 3.8) is 0 Å². The highest BCUT2D eigenvalue weighted by Crippen LogP contribution is 2.39. The van der Waals surface area contributed by atoms with Crippen molar-refractivity contribution in [1.82, 2.24) is 0 Å². The molecule has 5 nitrogen and oxygen atoms in total. The fourth-order valence-electron chi connectivity index (χ4n) is 2.31. The summed E-state index contributed by atoms with van der Waals surface area (Å²) in [6.07, 6.45) is 0. The third-order valence-corrected chi connectivity index (χ3v) is 4.14. The van der Waals surface area contributed by atoms with E-state index in [4.69, 9.17) is 37.4 Å². The van der Waals surface area contributed by atoms with Crippen molar-refractivity contribution >= 4 is 29.2 Å². The molecule has 0 atom stereocenters. The molecule has 0 radical (unpaired) electrons. The van der Waals surface area contributed by atoms with Gasteiger partial charge in [-0.25, -0.2) is 4.79 Å². The van der Waals surface area contributed by atoms with Crippen molar-refractivity contribution in [3.8, 4) is 17.2 Å². The predicted octanol–water partition coefficient (Wildman–Crippen LogP) is 5.68. The van der Waals surface area contributed by atoms with Crippen LogP contribution in [0.1, 0.15) is 35.7 Å². The van der Waals surface area contributed by atoms with Crippen LogP contribution in [-0.4, -0.2) is 27.0 Å². The second-order valence-corrected chi connectivity index (χ2v) is 6.58. The molecule has 7 heteroatoms. The Labute approximate surface area is 162 Å². The van der Waals surface area contributed by atoms with Crippen LogP contribution in [0.4, 0.5) is 0 Å². The Morgan fingerprint density at radius 1 is 1.08 bits per heavy atom. The minimum Gasteiger partial charge on any atom is -0.467 e. The van der Waals surface area contributed by atoms with Gasteiger partial charge in [-0.2, -0.15) is 0 Å². The van der Waals surface area contributed by atoms with Gasteiger partial charge in [-0.3, -0.25) is 0 Å². The molecule has 0 unspecified atom stereocenters. The van der Waals surface area contributed by atoms with E-state index in [0.29, 0.717) is 11.5 Å². The minimum absolute atomic E-state index is 0.159. The number of hydrogen-bond acceptors (Lipinski definition) is 5. The summed E-state index contributed by atoms with van der Waals surface area (Å²) in [6.45, 7) is 4.25. The Morgan fingerprint density at radius 3 is 2.27 bits per heavy atom. The van der Waals surface area contributed by atoms with Crippen LogP contribution in [0.5, 0.6) is 17.2 Å². The molecule has 0 aromatic heterocycles.